The number of thiazole rings is 1. The lowest BCUT2D eigenvalue weighted by molar-refractivity contribution is -0.117. The van der Waals surface area contributed by atoms with Gasteiger partial charge in [-0.25, -0.2) is 4.98 Å². The van der Waals surface area contributed by atoms with Crippen molar-refractivity contribution in [1.82, 2.24) is 15.2 Å². The molecule has 0 bridgehead atoms. The summed E-state index contributed by atoms with van der Waals surface area (Å²) in [7, 11) is 0. The van der Waals surface area contributed by atoms with Crippen LogP contribution in [0, 0.1) is 6.92 Å². The Bertz CT molecular complexity index is 1020. The molecule has 1 aliphatic rings. The highest BCUT2D eigenvalue weighted by molar-refractivity contribution is 7.11. The maximum atomic E-state index is 12.5. The molecule has 1 aliphatic heterocycles. The second-order valence-corrected chi connectivity index (χ2v) is 8.22. The summed E-state index contributed by atoms with van der Waals surface area (Å²) in [5, 5.41) is 8.30. The highest BCUT2D eigenvalue weighted by atomic mass is 32.1. The van der Waals surface area contributed by atoms with Crippen LogP contribution >= 0.6 is 11.3 Å². The first-order valence-corrected chi connectivity index (χ1v) is 10.7. The summed E-state index contributed by atoms with van der Waals surface area (Å²) in [6.45, 7) is 3.78. The summed E-state index contributed by atoms with van der Waals surface area (Å²) in [6.07, 6.45) is 1.68. The molecule has 0 atom stereocenters. The van der Waals surface area contributed by atoms with E-state index in [-0.39, 0.29) is 17.9 Å². The van der Waals surface area contributed by atoms with Gasteiger partial charge < -0.3 is 10.6 Å². The lowest BCUT2D eigenvalue weighted by Gasteiger charge is -2.31. The standard InChI is InChI=1S/C22H24N4O2S/c1-15-21(29-14-23-15)22(28)24-17-9-11-26(12-10-17)13-20(27)25-19-8-4-6-16-5-2-3-7-18(16)19/h2-8,14,17H,9-13H2,1H3,(H,24,28)(H,25,27). The molecule has 2 amide bonds. The van der Waals surface area contributed by atoms with Crippen LogP contribution in [0.1, 0.15) is 28.2 Å². The quantitative estimate of drug-likeness (QED) is 0.678. The Kier molecular flexibility index (Phi) is 5.87. The topological polar surface area (TPSA) is 74.3 Å². The van der Waals surface area contributed by atoms with Gasteiger partial charge in [-0.3, -0.25) is 14.5 Å². The Labute approximate surface area is 173 Å². The predicted octanol–water partition coefficient (Wildman–Crippen LogP) is 3.44. The average Bonchev–Trinajstić information content (AvgIpc) is 3.16. The number of rotatable bonds is 5. The summed E-state index contributed by atoms with van der Waals surface area (Å²) in [4.78, 5) is 31.9. The van der Waals surface area contributed by atoms with E-state index >= 15 is 0 Å². The zero-order chi connectivity index (χ0) is 20.2. The van der Waals surface area contributed by atoms with Crippen molar-refractivity contribution in [2.24, 2.45) is 0 Å². The monoisotopic (exact) mass is 408 g/mol. The van der Waals surface area contributed by atoms with Gasteiger partial charge >= 0.3 is 0 Å². The van der Waals surface area contributed by atoms with Crippen LogP contribution in [0.4, 0.5) is 5.69 Å². The Morgan fingerprint density at radius 3 is 2.66 bits per heavy atom. The smallest absolute Gasteiger partial charge is 0.263 e. The number of aryl methyl sites for hydroxylation is 1. The number of aromatic nitrogens is 1. The van der Waals surface area contributed by atoms with Gasteiger partial charge in [-0.05, 0) is 31.2 Å². The van der Waals surface area contributed by atoms with Crippen LogP contribution in [0.2, 0.25) is 0 Å². The average molecular weight is 409 g/mol. The maximum absolute atomic E-state index is 12.5. The second-order valence-electron chi connectivity index (χ2n) is 7.37. The van der Waals surface area contributed by atoms with E-state index in [1.165, 1.54) is 11.3 Å². The molecule has 0 saturated carbocycles. The molecule has 4 rings (SSSR count). The summed E-state index contributed by atoms with van der Waals surface area (Å²) in [5.41, 5.74) is 3.31. The third-order valence-corrected chi connectivity index (χ3v) is 6.23. The minimum Gasteiger partial charge on any atom is -0.348 e. The van der Waals surface area contributed by atoms with Gasteiger partial charge in [-0.2, -0.15) is 0 Å². The number of amides is 2. The van der Waals surface area contributed by atoms with E-state index in [1.54, 1.807) is 5.51 Å². The Hall–Kier alpha value is -2.77. The van der Waals surface area contributed by atoms with E-state index in [0.717, 1.165) is 48.1 Å². The van der Waals surface area contributed by atoms with Crippen LogP contribution < -0.4 is 10.6 Å². The number of piperidine rings is 1. The number of nitrogens with one attached hydrogen (secondary N) is 2. The SMILES string of the molecule is Cc1ncsc1C(=O)NC1CCN(CC(=O)Nc2cccc3ccccc23)CC1. The number of likely N-dealkylation sites (tertiary alicyclic amines) is 1. The minimum atomic E-state index is -0.0443. The number of anilines is 1. The number of nitrogens with zero attached hydrogens (tertiary/aromatic N) is 2. The highest BCUT2D eigenvalue weighted by Crippen LogP contribution is 2.23. The summed E-state index contributed by atoms with van der Waals surface area (Å²) in [6, 6.07) is 14.1. The van der Waals surface area contributed by atoms with Crippen molar-refractivity contribution in [2.45, 2.75) is 25.8 Å². The molecule has 0 unspecified atom stereocenters. The summed E-state index contributed by atoms with van der Waals surface area (Å²) >= 11 is 1.37. The van der Waals surface area contributed by atoms with Gasteiger partial charge in [-0.15, -0.1) is 11.3 Å². The number of hydrogen-bond donors (Lipinski definition) is 2. The Balaban J connectivity index is 1.28. The zero-order valence-electron chi connectivity index (χ0n) is 16.4. The van der Waals surface area contributed by atoms with Crippen molar-refractivity contribution < 1.29 is 9.59 Å². The second kappa shape index (κ2) is 8.71. The predicted molar refractivity (Wildman–Crippen MR) is 116 cm³/mol. The normalized spacial score (nSPS) is 15.3. The van der Waals surface area contributed by atoms with E-state index < -0.39 is 0 Å². The maximum Gasteiger partial charge on any atom is 0.263 e. The van der Waals surface area contributed by atoms with E-state index in [9.17, 15) is 9.59 Å². The van der Waals surface area contributed by atoms with Crippen LogP contribution in [0.3, 0.4) is 0 Å². The fraction of sp³-hybridized carbons (Fsp3) is 0.318. The lowest BCUT2D eigenvalue weighted by atomic mass is 10.0. The fourth-order valence-corrected chi connectivity index (χ4v) is 4.44. The zero-order valence-corrected chi connectivity index (χ0v) is 17.2. The molecule has 2 aromatic carbocycles. The lowest BCUT2D eigenvalue weighted by Crippen LogP contribution is -2.46. The molecule has 1 fully saturated rings. The van der Waals surface area contributed by atoms with Crippen LogP contribution in [0.25, 0.3) is 10.8 Å². The van der Waals surface area contributed by atoms with E-state index in [4.69, 9.17) is 0 Å². The van der Waals surface area contributed by atoms with E-state index in [2.05, 4.69) is 20.5 Å². The van der Waals surface area contributed by atoms with Gasteiger partial charge in [0, 0.05) is 30.2 Å². The number of hydrogen-bond acceptors (Lipinski definition) is 5. The first-order chi connectivity index (χ1) is 14.1. The van der Waals surface area contributed by atoms with Crippen molar-refractivity contribution in [1.29, 1.82) is 0 Å². The van der Waals surface area contributed by atoms with Gasteiger partial charge in [0.25, 0.3) is 5.91 Å². The molecule has 150 valence electrons. The number of carbonyl (C=O) groups is 2. The molecular weight excluding hydrogens is 384 g/mol. The van der Waals surface area contributed by atoms with Crippen molar-refractivity contribution in [3.8, 4) is 0 Å². The largest absolute Gasteiger partial charge is 0.348 e. The molecule has 1 aromatic heterocycles. The molecule has 7 heteroatoms. The van der Waals surface area contributed by atoms with Crippen molar-refractivity contribution in [2.75, 3.05) is 25.0 Å². The molecule has 6 nitrogen and oxygen atoms in total. The van der Waals surface area contributed by atoms with Crippen molar-refractivity contribution in [3.63, 3.8) is 0 Å². The third kappa shape index (κ3) is 4.63. The molecule has 0 aliphatic carbocycles. The molecule has 2 heterocycles. The number of benzene rings is 2. The van der Waals surface area contributed by atoms with E-state index in [1.807, 2.05) is 49.4 Å². The fourth-order valence-electron chi connectivity index (χ4n) is 3.73. The first kappa shape index (κ1) is 19.5. The van der Waals surface area contributed by atoms with Crippen molar-refractivity contribution in [3.05, 3.63) is 58.5 Å². The van der Waals surface area contributed by atoms with Crippen LogP contribution in [0.15, 0.2) is 48.0 Å². The Morgan fingerprint density at radius 1 is 1.14 bits per heavy atom. The van der Waals surface area contributed by atoms with Crippen LogP contribution in [-0.2, 0) is 4.79 Å². The van der Waals surface area contributed by atoms with Crippen LogP contribution in [-0.4, -0.2) is 47.4 Å². The summed E-state index contributed by atoms with van der Waals surface area (Å²) < 4.78 is 0. The first-order valence-electron chi connectivity index (χ1n) is 9.81. The molecular formula is C22H24N4O2S. The molecule has 2 N–H and O–H groups in total. The number of carbonyl (C=O) groups excluding carboxylic acids is 2. The van der Waals surface area contributed by atoms with Gasteiger partial charge in [-0.1, -0.05) is 36.4 Å². The summed E-state index contributed by atoms with van der Waals surface area (Å²) in [5.74, 6) is -0.0544. The molecule has 29 heavy (non-hydrogen) atoms. The van der Waals surface area contributed by atoms with Gasteiger partial charge in [0.05, 0.1) is 17.7 Å². The van der Waals surface area contributed by atoms with E-state index in [0.29, 0.717) is 11.4 Å². The number of fused-ring (bicyclic) bond motifs is 1. The van der Waals surface area contributed by atoms with Crippen molar-refractivity contribution >= 4 is 39.6 Å². The molecule has 1 saturated heterocycles. The minimum absolute atomic E-state index is 0.0101. The van der Waals surface area contributed by atoms with Gasteiger partial charge in [0.2, 0.25) is 5.91 Å². The highest BCUT2D eigenvalue weighted by Gasteiger charge is 2.23. The molecule has 0 radical (unpaired) electrons. The molecule has 0 spiro atoms. The van der Waals surface area contributed by atoms with Crippen LogP contribution in [0.5, 0.6) is 0 Å². The molecule has 3 aromatic rings. The van der Waals surface area contributed by atoms with Gasteiger partial charge in [0.1, 0.15) is 4.88 Å². The third-order valence-electron chi connectivity index (χ3n) is 5.31. The Morgan fingerprint density at radius 2 is 1.90 bits per heavy atom. The van der Waals surface area contributed by atoms with Gasteiger partial charge in [0.15, 0.2) is 0 Å².